The third-order valence-electron chi connectivity index (χ3n) is 4.98. The van der Waals surface area contributed by atoms with Gasteiger partial charge in [-0.1, -0.05) is 23.4 Å². The number of methoxy groups -OCH3 is 2. The van der Waals surface area contributed by atoms with Gasteiger partial charge in [0.25, 0.3) is 0 Å². The van der Waals surface area contributed by atoms with Gasteiger partial charge >= 0.3 is 0 Å². The molecular formula is C24H23ClN4O4S. The summed E-state index contributed by atoms with van der Waals surface area (Å²) in [6.45, 7) is 2.23. The van der Waals surface area contributed by atoms with Gasteiger partial charge in [0.2, 0.25) is 5.91 Å². The Morgan fingerprint density at radius 2 is 1.82 bits per heavy atom. The van der Waals surface area contributed by atoms with Crippen molar-refractivity contribution in [1.82, 2.24) is 14.8 Å². The Morgan fingerprint density at radius 1 is 1.12 bits per heavy atom. The van der Waals surface area contributed by atoms with Gasteiger partial charge in [-0.25, -0.2) is 0 Å². The van der Waals surface area contributed by atoms with E-state index in [4.69, 9.17) is 25.5 Å². The highest BCUT2D eigenvalue weighted by molar-refractivity contribution is 8.00. The van der Waals surface area contributed by atoms with E-state index in [1.807, 2.05) is 35.8 Å². The van der Waals surface area contributed by atoms with Crippen LogP contribution in [0.3, 0.4) is 0 Å². The second kappa shape index (κ2) is 10.7. The van der Waals surface area contributed by atoms with Gasteiger partial charge in [-0.05, 0) is 43.3 Å². The first-order valence-electron chi connectivity index (χ1n) is 10.4. The van der Waals surface area contributed by atoms with Crippen LogP contribution in [0.5, 0.6) is 11.5 Å². The van der Waals surface area contributed by atoms with Crippen molar-refractivity contribution < 1.29 is 18.7 Å². The SMILES string of the molecule is COc1cc(NC(=O)C(C)Sc2nnc(-c3ccc(Cl)cc3)n2Cc2ccco2)cc(OC)c1. The maximum absolute atomic E-state index is 13.0. The predicted molar refractivity (Wildman–Crippen MR) is 132 cm³/mol. The zero-order chi connectivity index (χ0) is 24.1. The molecule has 176 valence electrons. The summed E-state index contributed by atoms with van der Waals surface area (Å²) in [5, 5.41) is 12.4. The summed E-state index contributed by atoms with van der Waals surface area (Å²) in [4.78, 5) is 13.0. The number of carbonyl (C=O) groups excluding carboxylic acids is 1. The number of benzene rings is 2. The Balaban J connectivity index is 1.56. The Morgan fingerprint density at radius 3 is 2.44 bits per heavy atom. The molecule has 2 aromatic carbocycles. The minimum atomic E-state index is -0.463. The van der Waals surface area contributed by atoms with E-state index in [1.165, 1.54) is 11.8 Å². The fourth-order valence-electron chi connectivity index (χ4n) is 3.22. The van der Waals surface area contributed by atoms with Crippen molar-refractivity contribution in [3.63, 3.8) is 0 Å². The van der Waals surface area contributed by atoms with Crippen LogP contribution in [0.2, 0.25) is 5.02 Å². The first-order valence-corrected chi connectivity index (χ1v) is 11.6. The molecule has 0 spiro atoms. The zero-order valence-corrected chi connectivity index (χ0v) is 20.4. The minimum absolute atomic E-state index is 0.194. The number of ether oxygens (including phenoxy) is 2. The van der Waals surface area contributed by atoms with Crippen LogP contribution >= 0.6 is 23.4 Å². The molecule has 0 saturated heterocycles. The topological polar surface area (TPSA) is 91.4 Å². The molecule has 1 atom stereocenters. The summed E-state index contributed by atoms with van der Waals surface area (Å²) < 4.78 is 18.0. The van der Waals surface area contributed by atoms with Crippen molar-refractivity contribution in [3.05, 3.63) is 71.6 Å². The Hall–Kier alpha value is -3.43. The van der Waals surface area contributed by atoms with Crippen LogP contribution in [0.15, 0.2) is 70.4 Å². The lowest BCUT2D eigenvalue weighted by Gasteiger charge is -2.14. The second-order valence-corrected chi connectivity index (χ2v) is 9.07. The molecule has 1 unspecified atom stereocenters. The molecule has 8 nitrogen and oxygen atoms in total. The predicted octanol–water partition coefficient (Wildman–Crippen LogP) is 5.38. The number of nitrogens with one attached hydrogen (secondary N) is 1. The highest BCUT2D eigenvalue weighted by atomic mass is 35.5. The van der Waals surface area contributed by atoms with E-state index in [-0.39, 0.29) is 5.91 Å². The minimum Gasteiger partial charge on any atom is -0.497 e. The van der Waals surface area contributed by atoms with Crippen molar-refractivity contribution in [2.75, 3.05) is 19.5 Å². The van der Waals surface area contributed by atoms with E-state index in [2.05, 4.69) is 15.5 Å². The van der Waals surface area contributed by atoms with Crippen LogP contribution in [0.4, 0.5) is 5.69 Å². The molecule has 4 rings (SSSR count). The van der Waals surface area contributed by atoms with E-state index in [0.717, 1.165) is 11.3 Å². The molecule has 2 aromatic heterocycles. The summed E-state index contributed by atoms with van der Waals surface area (Å²) in [5.41, 5.74) is 1.43. The average molecular weight is 499 g/mol. The number of halogens is 1. The molecule has 0 aliphatic carbocycles. The molecule has 0 aliphatic heterocycles. The Kier molecular flexibility index (Phi) is 7.44. The lowest BCUT2D eigenvalue weighted by atomic mass is 10.2. The van der Waals surface area contributed by atoms with Gasteiger partial charge in [0.15, 0.2) is 11.0 Å². The quantitative estimate of drug-likeness (QED) is 0.310. The number of furan rings is 1. The van der Waals surface area contributed by atoms with Crippen molar-refractivity contribution in [1.29, 1.82) is 0 Å². The maximum Gasteiger partial charge on any atom is 0.237 e. The van der Waals surface area contributed by atoms with Gasteiger partial charge in [-0.2, -0.15) is 0 Å². The van der Waals surface area contributed by atoms with E-state index in [0.29, 0.717) is 39.7 Å². The summed E-state index contributed by atoms with van der Waals surface area (Å²) >= 11 is 7.35. The van der Waals surface area contributed by atoms with Gasteiger partial charge in [0.05, 0.1) is 32.3 Å². The van der Waals surface area contributed by atoms with E-state index in [9.17, 15) is 4.79 Å². The lowest BCUT2D eigenvalue weighted by Crippen LogP contribution is -2.23. The highest BCUT2D eigenvalue weighted by Gasteiger charge is 2.22. The van der Waals surface area contributed by atoms with Crippen LogP contribution in [0, 0.1) is 0 Å². The van der Waals surface area contributed by atoms with E-state index >= 15 is 0 Å². The molecule has 0 radical (unpaired) electrons. The molecule has 0 aliphatic rings. The first-order chi connectivity index (χ1) is 16.5. The second-order valence-electron chi connectivity index (χ2n) is 7.33. The van der Waals surface area contributed by atoms with Gasteiger partial charge in [0, 0.05) is 34.5 Å². The number of hydrogen-bond acceptors (Lipinski definition) is 7. The number of anilines is 1. The Bertz CT molecular complexity index is 1240. The van der Waals surface area contributed by atoms with Gasteiger partial charge in [-0.15, -0.1) is 10.2 Å². The molecule has 0 saturated carbocycles. The smallest absolute Gasteiger partial charge is 0.237 e. The fourth-order valence-corrected chi connectivity index (χ4v) is 4.20. The number of aromatic nitrogens is 3. The number of carbonyl (C=O) groups is 1. The van der Waals surface area contributed by atoms with Crippen LogP contribution in [-0.4, -0.2) is 40.1 Å². The highest BCUT2D eigenvalue weighted by Crippen LogP contribution is 2.30. The van der Waals surface area contributed by atoms with Crippen LogP contribution in [0.1, 0.15) is 12.7 Å². The van der Waals surface area contributed by atoms with Crippen molar-refractivity contribution in [2.45, 2.75) is 23.9 Å². The van der Waals surface area contributed by atoms with E-state index in [1.54, 1.807) is 50.8 Å². The monoisotopic (exact) mass is 498 g/mol. The third-order valence-corrected chi connectivity index (χ3v) is 6.32. The summed E-state index contributed by atoms with van der Waals surface area (Å²) in [7, 11) is 3.12. The molecular weight excluding hydrogens is 476 g/mol. The van der Waals surface area contributed by atoms with Gasteiger partial charge < -0.3 is 19.2 Å². The van der Waals surface area contributed by atoms with Gasteiger partial charge in [-0.3, -0.25) is 9.36 Å². The Labute approximate surface area is 206 Å². The molecule has 34 heavy (non-hydrogen) atoms. The zero-order valence-electron chi connectivity index (χ0n) is 18.8. The normalized spacial score (nSPS) is 11.8. The summed E-state index contributed by atoms with van der Waals surface area (Å²) in [6, 6.07) is 16.3. The third kappa shape index (κ3) is 5.55. The molecule has 2 heterocycles. The fraction of sp³-hybridized carbons (Fsp3) is 0.208. The molecule has 4 aromatic rings. The molecule has 0 bridgehead atoms. The van der Waals surface area contributed by atoms with Crippen LogP contribution < -0.4 is 14.8 Å². The summed E-state index contributed by atoms with van der Waals surface area (Å²) in [5.74, 6) is 2.38. The molecule has 10 heteroatoms. The van der Waals surface area contributed by atoms with E-state index < -0.39 is 5.25 Å². The van der Waals surface area contributed by atoms with Crippen LogP contribution in [0.25, 0.3) is 11.4 Å². The average Bonchev–Trinajstić information content (AvgIpc) is 3.50. The number of amides is 1. The van der Waals surface area contributed by atoms with Crippen molar-refractivity contribution in [3.8, 4) is 22.9 Å². The number of nitrogens with zero attached hydrogens (tertiary/aromatic N) is 3. The molecule has 1 amide bonds. The lowest BCUT2D eigenvalue weighted by molar-refractivity contribution is -0.115. The number of hydrogen-bond donors (Lipinski definition) is 1. The molecule has 0 fully saturated rings. The van der Waals surface area contributed by atoms with Crippen LogP contribution in [-0.2, 0) is 11.3 Å². The van der Waals surface area contributed by atoms with Gasteiger partial charge in [0.1, 0.15) is 17.3 Å². The maximum atomic E-state index is 13.0. The van der Waals surface area contributed by atoms with Crippen molar-refractivity contribution in [2.24, 2.45) is 0 Å². The number of thioether (sulfide) groups is 1. The number of rotatable bonds is 9. The first kappa shape index (κ1) is 23.7. The summed E-state index contributed by atoms with van der Waals surface area (Å²) in [6.07, 6.45) is 1.62. The largest absolute Gasteiger partial charge is 0.497 e. The molecule has 1 N–H and O–H groups in total. The standard InChI is InChI=1S/C24H23ClN4O4S/c1-15(23(30)26-18-11-20(31-2)13-21(12-18)32-3)34-24-28-27-22(16-6-8-17(25)9-7-16)29(24)14-19-5-4-10-33-19/h4-13,15H,14H2,1-3H3,(H,26,30). The van der Waals surface area contributed by atoms with Crippen molar-refractivity contribution >= 4 is 35.0 Å².